The molecule has 24 heavy (non-hydrogen) atoms. The second-order valence-corrected chi connectivity index (χ2v) is 6.78. The number of amides is 1. The lowest BCUT2D eigenvalue weighted by Gasteiger charge is -2.20. The van der Waals surface area contributed by atoms with Crippen LogP contribution in [0.5, 0.6) is 0 Å². The van der Waals surface area contributed by atoms with Crippen LogP contribution in [0.1, 0.15) is 17.4 Å². The van der Waals surface area contributed by atoms with Crippen LogP contribution in [0.4, 0.5) is 13.2 Å². The van der Waals surface area contributed by atoms with E-state index >= 15 is 0 Å². The molecule has 0 aliphatic heterocycles. The average molecular weight is 374 g/mol. The molecule has 0 fully saturated rings. The van der Waals surface area contributed by atoms with Crippen LogP contribution in [0, 0.1) is 0 Å². The predicted octanol–water partition coefficient (Wildman–Crippen LogP) is 5.40. The number of allylic oxidation sites excluding steroid dienone is 1. The summed E-state index contributed by atoms with van der Waals surface area (Å²) < 4.78 is 40.5. The summed E-state index contributed by atoms with van der Waals surface area (Å²) in [4.78, 5) is 14.5. The monoisotopic (exact) mass is 373 g/mol. The molecule has 0 spiro atoms. The van der Waals surface area contributed by atoms with Crippen LogP contribution in [-0.4, -0.2) is 23.5 Å². The van der Waals surface area contributed by atoms with Crippen molar-refractivity contribution in [2.45, 2.75) is 19.6 Å². The first kappa shape index (κ1) is 18.5. The van der Waals surface area contributed by atoms with Crippen LogP contribution in [0.2, 0.25) is 4.34 Å². The van der Waals surface area contributed by atoms with E-state index in [1.54, 1.807) is 25.1 Å². The second-order valence-electron chi connectivity index (χ2n) is 4.98. The van der Waals surface area contributed by atoms with Gasteiger partial charge in [0.1, 0.15) is 0 Å². The first-order valence-corrected chi connectivity index (χ1v) is 8.38. The summed E-state index contributed by atoms with van der Waals surface area (Å²) in [6.45, 7) is 2.24. The van der Waals surface area contributed by atoms with Crippen LogP contribution < -0.4 is 0 Å². The Morgan fingerprint density at radius 1 is 1.21 bits per heavy atom. The summed E-state index contributed by atoms with van der Waals surface area (Å²) in [5.74, 6) is -0.682. The zero-order chi connectivity index (χ0) is 17.7. The largest absolute Gasteiger partial charge is 0.417 e. The summed E-state index contributed by atoms with van der Waals surface area (Å²) in [7, 11) is 0. The second kappa shape index (κ2) is 7.85. The zero-order valence-corrected chi connectivity index (χ0v) is 14.4. The maximum Gasteiger partial charge on any atom is 0.417 e. The van der Waals surface area contributed by atoms with Gasteiger partial charge in [0.25, 0.3) is 0 Å². The van der Waals surface area contributed by atoms with Crippen LogP contribution in [0.3, 0.4) is 0 Å². The van der Waals surface area contributed by atoms with Gasteiger partial charge in [-0.1, -0.05) is 41.9 Å². The van der Waals surface area contributed by atoms with E-state index in [9.17, 15) is 18.0 Å². The summed E-state index contributed by atoms with van der Waals surface area (Å²) >= 11 is 7.14. The fraction of sp³-hybridized carbons (Fsp3) is 0.235. The van der Waals surface area contributed by atoms with E-state index < -0.39 is 17.7 Å². The minimum absolute atomic E-state index is 0.0337. The van der Waals surface area contributed by atoms with Gasteiger partial charge in [0.2, 0.25) is 5.91 Å². The van der Waals surface area contributed by atoms with Crippen molar-refractivity contribution in [1.82, 2.24) is 4.90 Å². The molecule has 0 unspecified atom stereocenters. The number of halogens is 4. The molecule has 0 saturated carbocycles. The van der Waals surface area contributed by atoms with Crippen molar-refractivity contribution in [1.29, 1.82) is 0 Å². The molecule has 0 aliphatic rings. The normalized spacial score (nSPS) is 12.3. The first-order valence-electron chi connectivity index (χ1n) is 7.18. The highest BCUT2D eigenvalue weighted by Gasteiger charge is 2.35. The molecule has 0 atom stereocenters. The van der Waals surface area contributed by atoms with Gasteiger partial charge >= 0.3 is 6.18 Å². The Balaban J connectivity index is 2.28. The van der Waals surface area contributed by atoms with E-state index in [0.717, 1.165) is 4.88 Å². The fourth-order valence-corrected chi connectivity index (χ4v) is 3.24. The van der Waals surface area contributed by atoms with Gasteiger partial charge in [0.05, 0.1) is 16.5 Å². The molecule has 128 valence electrons. The number of alkyl halides is 3. The quantitative estimate of drug-likeness (QED) is 0.643. The van der Waals surface area contributed by atoms with Crippen LogP contribution in [0.25, 0.3) is 5.57 Å². The fourth-order valence-electron chi connectivity index (χ4n) is 2.13. The number of hydrogen-bond acceptors (Lipinski definition) is 2. The molecule has 2 aromatic rings. The number of likely N-dealkylation sites (N-methyl/N-ethyl adjacent to an activating group) is 1. The van der Waals surface area contributed by atoms with Gasteiger partial charge in [-0.05, 0) is 24.6 Å². The highest BCUT2D eigenvalue weighted by Crippen LogP contribution is 2.34. The number of carbonyl (C=O) groups is 1. The summed E-state index contributed by atoms with van der Waals surface area (Å²) in [6, 6.07) is 10.8. The minimum atomic E-state index is -4.61. The Bertz CT molecular complexity index is 725. The molecule has 7 heteroatoms. The average Bonchev–Trinajstić information content (AvgIpc) is 2.95. The van der Waals surface area contributed by atoms with E-state index in [-0.39, 0.29) is 12.1 Å². The van der Waals surface area contributed by atoms with Crippen molar-refractivity contribution in [3.05, 3.63) is 63.3 Å². The third-order valence-electron chi connectivity index (χ3n) is 3.33. The lowest BCUT2D eigenvalue weighted by atomic mass is 10.0. The molecule has 2 rings (SSSR count). The number of benzene rings is 1. The maximum absolute atomic E-state index is 13.3. The van der Waals surface area contributed by atoms with Gasteiger partial charge < -0.3 is 4.90 Å². The predicted molar refractivity (Wildman–Crippen MR) is 90.9 cm³/mol. The molecule has 1 aromatic heterocycles. The van der Waals surface area contributed by atoms with Crippen LogP contribution >= 0.6 is 22.9 Å². The minimum Gasteiger partial charge on any atom is -0.334 e. The van der Waals surface area contributed by atoms with E-state index in [2.05, 4.69) is 0 Å². The van der Waals surface area contributed by atoms with Gasteiger partial charge in [0, 0.05) is 17.5 Å². The maximum atomic E-state index is 13.3. The molecule has 0 aliphatic carbocycles. The van der Waals surface area contributed by atoms with E-state index in [1.807, 2.05) is 0 Å². The number of thiophene rings is 1. The van der Waals surface area contributed by atoms with Gasteiger partial charge in [-0.2, -0.15) is 13.2 Å². The molecular weight excluding hydrogens is 359 g/mol. The van der Waals surface area contributed by atoms with Crippen molar-refractivity contribution >= 4 is 34.4 Å². The highest BCUT2D eigenvalue weighted by molar-refractivity contribution is 7.16. The molecule has 0 radical (unpaired) electrons. The van der Waals surface area contributed by atoms with Crippen LogP contribution in [0.15, 0.2) is 48.5 Å². The summed E-state index contributed by atoms with van der Waals surface area (Å²) in [6.07, 6.45) is -3.95. The van der Waals surface area contributed by atoms with Crippen molar-refractivity contribution in [3.63, 3.8) is 0 Å². The smallest absolute Gasteiger partial charge is 0.334 e. The number of hydrogen-bond donors (Lipinski definition) is 0. The van der Waals surface area contributed by atoms with Crippen LogP contribution in [-0.2, 0) is 11.3 Å². The number of carbonyl (C=O) groups excluding carboxylic acids is 1. The topological polar surface area (TPSA) is 20.3 Å². The third-order valence-corrected chi connectivity index (χ3v) is 4.54. The van der Waals surface area contributed by atoms with Crippen molar-refractivity contribution in [2.24, 2.45) is 0 Å². The molecule has 1 heterocycles. The highest BCUT2D eigenvalue weighted by atomic mass is 35.5. The van der Waals surface area contributed by atoms with Gasteiger partial charge in [-0.25, -0.2) is 0 Å². The lowest BCUT2D eigenvalue weighted by Crippen LogP contribution is -2.29. The SMILES string of the molecule is CCN(Cc1ccc(Cl)s1)C(=O)/C=C(/c1ccccc1)C(F)(F)F. The Labute approximate surface area is 147 Å². The third kappa shape index (κ3) is 4.85. The van der Waals surface area contributed by atoms with E-state index in [0.29, 0.717) is 17.0 Å². The molecule has 0 bridgehead atoms. The van der Waals surface area contributed by atoms with E-state index in [1.165, 1.54) is 40.5 Å². The molecule has 2 nitrogen and oxygen atoms in total. The Morgan fingerprint density at radius 2 is 1.88 bits per heavy atom. The number of nitrogens with zero attached hydrogens (tertiary/aromatic N) is 1. The molecule has 0 saturated heterocycles. The van der Waals surface area contributed by atoms with Gasteiger partial charge in [0.15, 0.2) is 0 Å². The van der Waals surface area contributed by atoms with Crippen molar-refractivity contribution in [3.8, 4) is 0 Å². The lowest BCUT2D eigenvalue weighted by molar-refractivity contribution is -0.126. The van der Waals surface area contributed by atoms with Crippen molar-refractivity contribution in [2.75, 3.05) is 6.54 Å². The molecule has 1 amide bonds. The van der Waals surface area contributed by atoms with Crippen molar-refractivity contribution < 1.29 is 18.0 Å². The standard InChI is InChI=1S/C17H15ClF3NOS/c1-2-22(11-13-8-9-15(18)24-13)16(23)10-14(17(19,20)21)12-6-4-3-5-7-12/h3-10H,2,11H2,1H3/b14-10-. The summed E-state index contributed by atoms with van der Waals surface area (Å²) in [5, 5.41) is 0. The first-order chi connectivity index (χ1) is 11.3. The Hall–Kier alpha value is -1.79. The molecule has 1 aromatic carbocycles. The van der Waals surface area contributed by atoms with Gasteiger partial charge in [-0.3, -0.25) is 4.79 Å². The number of rotatable bonds is 5. The van der Waals surface area contributed by atoms with Gasteiger partial charge in [-0.15, -0.1) is 11.3 Å². The molecular formula is C17H15ClF3NOS. The Morgan fingerprint density at radius 3 is 2.38 bits per heavy atom. The molecule has 0 N–H and O–H groups in total. The Kier molecular flexibility index (Phi) is 6.07. The van der Waals surface area contributed by atoms with E-state index in [4.69, 9.17) is 11.6 Å². The zero-order valence-electron chi connectivity index (χ0n) is 12.8. The summed E-state index contributed by atoms with van der Waals surface area (Å²) in [5.41, 5.74) is -0.982.